The van der Waals surface area contributed by atoms with Crippen LogP contribution in [0.5, 0.6) is 0 Å². The molecule has 0 aliphatic heterocycles. The van der Waals surface area contributed by atoms with Gasteiger partial charge in [0, 0.05) is 13.0 Å². The molecule has 34 heavy (non-hydrogen) atoms. The Kier molecular flexibility index (Phi) is 9.64. The zero-order chi connectivity index (χ0) is 27.6. The standard InChI is InChI=1S/C16H20F10O7S/c1-9(8-32-7-5-4-6-12(17,18)16(25,26)34(29,30)31)10(27)33-11(2,3)13(28,14(19,20)21)15(22,23)24/h28H,1,4-8H2,2-3H3,(H,29,30,31). The van der Waals surface area contributed by atoms with Crippen LogP contribution in [0.25, 0.3) is 0 Å². The van der Waals surface area contributed by atoms with Crippen molar-refractivity contribution >= 4 is 16.1 Å². The van der Waals surface area contributed by atoms with Crippen molar-refractivity contribution in [2.75, 3.05) is 13.2 Å². The predicted octanol–water partition coefficient (Wildman–Crippen LogP) is 4.02. The van der Waals surface area contributed by atoms with Gasteiger partial charge in [-0.25, -0.2) is 4.79 Å². The van der Waals surface area contributed by atoms with Crippen molar-refractivity contribution in [2.24, 2.45) is 0 Å². The van der Waals surface area contributed by atoms with Gasteiger partial charge in [-0.05, 0) is 26.7 Å². The number of esters is 1. The normalized spacial score (nSPS) is 14.8. The smallest absolute Gasteiger partial charge is 0.431 e. The Balaban J connectivity index is 4.87. The number of ether oxygens (including phenoxy) is 2. The summed E-state index contributed by atoms with van der Waals surface area (Å²) in [6, 6.07) is 0. The molecule has 0 atom stereocenters. The number of hydrogen-bond donors (Lipinski definition) is 2. The molecule has 0 aromatic carbocycles. The van der Waals surface area contributed by atoms with Crippen LogP contribution in [0.1, 0.15) is 33.1 Å². The van der Waals surface area contributed by atoms with Crippen LogP contribution < -0.4 is 0 Å². The molecule has 0 saturated heterocycles. The van der Waals surface area contributed by atoms with Gasteiger partial charge in [0.25, 0.3) is 5.60 Å². The molecule has 202 valence electrons. The number of halogens is 10. The molecule has 0 amide bonds. The maximum Gasteiger partial charge on any atom is 0.431 e. The number of rotatable bonds is 12. The van der Waals surface area contributed by atoms with Gasteiger partial charge in [0.15, 0.2) is 5.60 Å². The second-order valence-electron chi connectivity index (χ2n) is 7.42. The molecule has 7 nitrogen and oxygen atoms in total. The first-order valence-corrected chi connectivity index (χ1v) is 10.3. The highest BCUT2D eigenvalue weighted by atomic mass is 32.2. The van der Waals surface area contributed by atoms with E-state index in [-0.39, 0.29) is 13.8 Å². The van der Waals surface area contributed by atoms with Crippen LogP contribution in [0, 0.1) is 0 Å². The molecule has 0 radical (unpaired) electrons. The highest BCUT2D eigenvalue weighted by Gasteiger charge is 2.78. The van der Waals surface area contributed by atoms with Gasteiger partial charge in [-0.1, -0.05) is 6.58 Å². The van der Waals surface area contributed by atoms with E-state index in [9.17, 15) is 62.2 Å². The van der Waals surface area contributed by atoms with Gasteiger partial charge in [0.1, 0.15) is 0 Å². The summed E-state index contributed by atoms with van der Waals surface area (Å²) >= 11 is 0. The number of hydrogen-bond acceptors (Lipinski definition) is 6. The van der Waals surface area contributed by atoms with E-state index in [0.29, 0.717) is 0 Å². The van der Waals surface area contributed by atoms with Crippen molar-refractivity contribution in [2.45, 2.75) is 67.8 Å². The first-order valence-electron chi connectivity index (χ1n) is 8.83. The van der Waals surface area contributed by atoms with Crippen molar-refractivity contribution in [3.05, 3.63) is 12.2 Å². The summed E-state index contributed by atoms with van der Waals surface area (Å²) in [4.78, 5) is 11.8. The molecule has 0 aliphatic carbocycles. The van der Waals surface area contributed by atoms with Crippen LogP contribution in [0.15, 0.2) is 12.2 Å². The van der Waals surface area contributed by atoms with Crippen LogP contribution in [0.2, 0.25) is 0 Å². The van der Waals surface area contributed by atoms with E-state index in [1.165, 1.54) is 0 Å². The summed E-state index contributed by atoms with van der Waals surface area (Å²) in [5.41, 5.74) is -9.89. The molecule has 0 spiro atoms. The summed E-state index contributed by atoms with van der Waals surface area (Å²) in [5, 5.41) is 3.57. The fraction of sp³-hybridized carbons (Fsp3) is 0.812. The van der Waals surface area contributed by atoms with Crippen LogP contribution in [0.4, 0.5) is 43.9 Å². The molecule has 0 bridgehead atoms. The molecule has 0 aromatic rings. The molecule has 0 unspecified atom stereocenters. The lowest BCUT2D eigenvalue weighted by Gasteiger charge is -2.43. The van der Waals surface area contributed by atoms with Crippen molar-refractivity contribution in [3.8, 4) is 0 Å². The summed E-state index contributed by atoms with van der Waals surface area (Å²) in [7, 11) is -6.41. The zero-order valence-electron chi connectivity index (χ0n) is 17.4. The number of unbranched alkanes of at least 4 members (excludes halogenated alkanes) is 1. The number of aliphatic hydroxyl groups is 1. The molecule has 2 N–H and O–H groups in total. The van der Waals surface area contributed by atoms with Gasteiger partial charge >= 0.3 is 39.6 Å². The molecule has 0 rings (SSSR count). The Morgan fingerprint density at radius 1 is 0.912 bits per heavy atom. The third-order valence-corrected chi connectivity index (χ3v) is 5.33. The van der Waals surface area contributed by atoms with E-state index >= 15 is 0 Å². The lowest BCUT2D eigenvalue weighted by molar-refractivity contribution is -0.407. The van der Waals surface area contributed by atoms with E-state index in [2.05, 4.69) is 11.3 Å². The molecule has 0 saturated carbocycles. The van der Waals surface area contributed by atoms with Crippen molar-refractivity contribution in [3.63, 3.8) is 0 Å². The van der Waals surface area contributed by atoms with Crippen molar-refractivity contribution in [1.82, 2.24) is 0 Å². The lowest BCUT2D eigenvalue weighted by Crippen LogP contribution is -2.69. The van der Waals surface area contributed by atoms with Crippen LogP contribution in [-0.2, 0) is 24.4 Å². The third-order valence-electron chi connectivity index (χ3n) is 4.38. The van der Waals surface area contributed by atoms with E-state index in [1.807, 2.05) is 0 Å². The average molecular weight is 546 g/mol. The maximum absolute atomic E-state index is 13.3. The lowest BCUT2D eigenvalue weighted by atomic mass is 9.84. The Bertz CT molecular complexity index is 833. The molecule has 0 aliphatic rings. The second-order valence-corrected chi connectivity index (χ2v) is 8.88. The average Bonchev–Trinajstić information content (AvgIpc) is 2.59. The second kappa shape index (κ2) is 10.1. The Hall–Kier alpha value is -1.66. The Morgan fingerprint density at radius 2 is 1.35 bits per heavy atom. The molecule has 0 heterocycles. The highest BCUT2D eigenvalue weighted by Crippen LogP contribution is 2.50. The van der Waals surface area contributed by atoms with Gasteiger partial charge in [0.2, 0.25) is 0 Å². The predicted molar refractivity (Wildman–Crippen MR) is 92.5 cm³/mol. The first kappa shape index (κ1) is 32.3. The molecule has 0 fully saturated rings. The maximum atomic E-state index is 13.3. The number of carbonyl (C=O) groups excluding carboxylic acids is 1. The van der Waals surface area contributed by atoms with Gasteiger partial charge in [0.05, 0.1) is 12.2 Å². The highest BCUT2D eigenvalue weighted by molar-refractivity contribution is 7.87. The van der Waals surface area contributed by atoms with Gasteiger partial charge in [-0.2, -0.15) is 52.3 Å². The van der Waals surface area contributed by atoms with Crippen LogP contribution >= 0.6 is 0 Å². The molecule has 18 heteroatoms. The van der Waals surface area contributed by atoms with E-state index in [0.717, 1.165) is 0 Å². The van der Waals surface area contributed by atoms with Gasteiger partial charge < -0.3 is 14.6 Å². The van der Waals surface area contributed by atoms with Crippen molar-refractivity contribution < 1.29 is 76.2 Å². The third kappa shape index (κ3) is 6.72. The minimum atomic E-state index is -6.41. The summed E-state index contributed by atoms with van der Waals surface area (Å²) in [5.74, 6) is -6.98. The van der Waals surface area contributed by atoms with Crippen LogP contribution in [-0.4, -0.2) is 72.0 Å². The topological polar surface area (TPSA) is 110 Å². The summed E-state index contributed by atoms with van der Waals surface area (Å²) < 4.78 is 168. The Morgan fingerprint density at radius 3 is 1.74 bits per heavy atom. The summed E-state index contributed by atoms with van der Waals surface area (Å²) in [6.45, 7) is 1.82. The fourth-order valence-electron chi connectivity index (χ4n) is 2.36. The minimum Gasteiger partial charge on any atom is -0.452 e. The quantitative estimate of drug-likeness (QED) is 0.125. The first-order chi connectivity index (χ1) is 14.8. The SMILES string of the molecule is C=C(COCCCCC(F)(F)C(F)(F)S(=O)(=O)O)C(=O)OC(C)(C)C(O)(C(F)(F)F)C(F)(F)F. The van der Waals surface area contributed by atoms with Gasteiger partial charge in [-0.15, -0.1) is 0 Å². The van der Waals surface area contributed by atoms with E-state index in [4.69, 9.17) is 9.29 Å². The molecular weight excluding hydrogens is 526 g/mol. The summed E-state index contributed by atoms with van der Waals surface area (Å²) in [6.07, 6.45) is -15.6. The van der Waals surface area contributed by atoms with Gasteiger partial charge in [-0.3, -0.25) is 4.55 Å². The van der Waals surface area contributed by atoms with E-state index in [1.54, 1.807) is 0 Å². The van der Waals surface area contributed by atoms with E-state index < -0.39 is 88.9 Å². The number of alkyl halides is 10. The molecule has 0 aromatic heterocycles. The minimum absolute atomic E-state index is 0.141. The fourth-order valence-corrected chi connectivity index (χ4v) is 2.84. The number of carbonyl (C=O) groups is 1. The van der Waals surface area contributed by atoms with Crippen LogP contribution in [0.3, 0.4) is 0 Å². The van der Waals surface area contributed by atoms with Crippen molar-refractivity contribution in [1.29, 1.82) is 0 Å². The Labute approximate surface area is 186 Å². The molecular formula is C16H20F10O7S. The zero-order valence-corrected chi connectivity index (χ0v) is 18.2. The monoisotopic (exact) mass is 546 g/mol. The largest absolute Gasteiger partial charge is 0.452 e.